The van der Waals surface area contributed by atoms with Crippen molar-refractivity contribution in [1.82, 2.24) is 4.98 Å². The van der Waals surface area contributed by atoms with Gasteiger partial charge in [-0.05, 0) is 12.8 Å². The normalized spacial score (nSPS) is 19.8. The van der Waals surface area contributed by atoms with Gasteiger partial charge in [0.1, 0.15) is 6.26 Å². The Hall–Kier alpha value is -1.56. The van der Waals surface area contributed by atoms with Crippen molar-refractivity contribution in [3.05, 3.63) is 12.0 Å². The van der Waals surface area contributed by atoms with E-state index in [-0.39, 0.29) is 11.8 Å². The van der Waals surface area contributed by atoms with Crippen molar-refractivity contribution in [2.75, 3.05) is 24.6 Å². The van der Waals surface area contributed by atoms with Gasteiger partial charge in [0.25, 0.3) is 6.01 Å². The second-order valence-electron chi connectivity index (χ2n) is 4.05. The molecule has 1 atom stereocenters. The predicted molar refractivity (Wildman–Crippen MR) is 60.3 cm³/mol. The zero-order chi connectivity index (χ0) is 12.3. The van der Waals surface area contributed by atoms with Gasteiger partial charge in [-0.1, -0.05) is 6.92 Å². The molecule has 94 valence electrons. The minimum atomic E-state index is -1.07. The van der Waals surface area contributed by atoms with Crippen molar-refractivity contribution in [1.29, 1.82) is 0 Å². The molecule has 6 nitrogen and oxygen atoms in total. The molecule has 2 rings (SSSR count). The number of oxazole rings is 1. The largest absolute Gasteiger partial charge is 0.476 e. The van der Waals surface area contributed by atoms with Gasteiger partial charge in [0.15, 0.2) is 5.69 Å². The van der Waals surface area contributed by atoms with E-state index in [4.69, 9.17) is 14.3 Å². The SMILES string of the molecule is CCCO[C@H]1CCN(c2nc(C(=O)O)co2)C1. The van der Waals surface area contributed by atoms with Crippen molar-refractivity contribution in [2.24, 2.45) is 0 Å². The van der Waals surface area contributed by atoms with E-state index in [0.29, 0.717) is 12.6 Å². The highest BCUT2D eigenvalue weighted by Crippen LogP contribution is 2.21. The first-order valence-electron chi connectivity index (χ1n) is 5.76. The van der Waals surface area contributed by atoms with Crippen LogP contribution in [0.4, 0.5) is 6.01 Å². The molecule has 0 amide bonds. The lowest BCUT2D eigenvalue weighted by molar-refractivity contribution is 0.0685. The highest BCUT2D eigenvalue weighted by atomic mass is 16.5. The van der Waals surface area contributed by atoms with Crippen LogP contribution in [0, 0.1) is 0 Å². The van der Waals surface area contributed by atoms with Crippen LogP contribution in [-0.2, 0) is 4.74 Å². The first-order valence-corrected chi connectivity index (χ1v) is 5.76. The molecule has 1 aliphatic rings. The number of hydrogen-bond donors (Lipinski definition) is 1. The molecular weight excluding hydrogens is 224 g/mol. The monoisotopic (exact) mass is 240 g/mol. The molecule has 0 aromatic carbocycles. The molecule has 1 aromatic rings. The zero-order valence-corrected chi connectivity index (χ0v) is 9.76. The standard InChI is InChI=1S/C11H16N2O4/c1-2-5-16-8-3-4-13(6-8)11-12-9(7-17-11)10(14)15/h7-8H,2-6H2,1H3,(H,14,15)/t8-/m0/s1. The second-order valence-corrected chi connectivity index (χ2v) is 4.05. The maximum Gasteiger partial charge on any atom is 0.357 e. The smallest absolute Gasteiger partial charge is 0.357 e. The van der Waals surface area contributed by atoms with Crippen LogP contribution >= 0.6 is 0 Å². The Morgan fingerprint density at radius 2 is 2.59 bits per heavy atom. The van der Waals surface area contributed by atoms with Gasteiger partial charge < -0.3 is 19.2 Å². The highest BCUT2D eigenvalue weighted by Gasteiger charge is 2.26. The van der Waals surface area contributed by atoms with E-state index in [9.17, 15) is 4.79 Å². The number of aromatic nitrogens is 1. The molecule has 17 heavy (non-hydrogen) atoms. The van der Waals surface area contributed by atoms with E-state index in [1.807, 2.05) is 4.90 Å². The Balaban J connectivity index is 1.93. The summed E-state index contributed by atoms with van der Waals surface area (Å²) in [7, 11) is 0. The fourth-order valence-electron chi connectivity index (χ4n) is 1.83. The topological polar surface area (TPSA) is 75.8 Å². The number of rotatable bonds is 5. The predicted octanol–water partition coefficient (Wildman–Crippen LogP) is 1.38. The van der Waals surface area contributed by atoms with Crippen LogP contribution in [0.25, 0.3) is 0 Å². The molecule has 0 spiro atoms. The molecule has 1 aliphatic heterocycles. The van der Waals surface area contributed by atoms with Gasteiger partial charge in [-0.3, -0.25) is 0 Å². The first-order chi connectivity index (χ1) is 8.20. The minimum absolute atomic E-state index is 0.0575. The van der Waals surface area contributed by atoms with Crippen LogP contribution in [0.1, 0.15) is 30.3 Å². The van der Waals surface area contributed by atoms with Gasteiger partial charge in [-0.2, -0.15) is 4.98 Å². The Bertz CT molecular complexity index is 391. The fourth-order valence-corrected chi connectivity index (χ4v) is 1.83. The van der Waals surface area contributed by atoms with Crippen LogP contribution in [0.5, 0.6) is 0 Å². The summed E-state index contributed by atoms with van der Waals surface area (Å²) < 4.78 is 10.8. The molecule has 2 heterocycles. The van der Waals surface area contributed by atoms with E-state index in [2.05, 4.69) is 11.9 Å². The van der Waals surface area contributed by atoms with Crippen molar-refractivity contribution >= 4 is 12.0 Å². The van der Waals surface area contributed by atoms with Gasteiger partial charge in [0, 0.05) is 19.7 Å². The Labute approximate surface area is 99.2 Å². The minimum Gasteiger partial charge on any atom is -0.476 e. The summed E-state index contributed by atoms with van der Waals surface area (Å²) in [6, 6.07) is 0.366. The number of carboxylic acid groups (broad SMARTS) is 1. The number of anilines is 1. The van der Waals surface area contributed by atoms with Gasteiger partial charge >= 0.3 is 5.97 Å². The van der Waals surface area contributed by atoms with Crippen LogP contribution in [0.2, 0.25) is 0 Å². The van der Waals surface area contributed by atoms with E-state index in [0.717, 1.165) is 32.3 Å². The Morgan fingerprint density at radius 3 is 3.24 bits per heavy atom. The highest BCUT2D eigenvalue weighted by molar-refractivity contribution is 5.85. The van der Waals surface area contributed by atoms with Crippen LogP contribution in [0.3, 0.4) is 0 Å². The molecule has 6 heteroatoms. The molecule has 0 radical (unpaired) electrons. The number of aromatic carboxylic acids is 1. The average Bonchev–Trinajstić information content (AvgIpc) is 2.94. The molecule has 1 N–H and O–H groups in total. The third-order valence-electron chi connectivity index (χ3n) is 2.68. The van der Waals surface area contributed by atoms with Crippen LogP contribution in [0.15, 0.2) is 10.7 Å². The lowest BCUT2D eigenvalue weighted by atomic mass is 10.3. The van der Waals surface area contributed by atoms with Crippen molar-refractivity contribution in [2.45, 2.75) is 25.9 Å². The Kier molecular flexibility index (Phi) is 3.63. The number of hydrogen-bond acceptors (Lipinski definition) is 5. The summed E-state index contributed by atoms with van der Waals surface area (Å²) >= 11 is 0. The molecule has 1 aromatic heterocycles. The van der Waals surface area contributed by atoms with Gasteiger partial charge in [0.2, 0.25) is 0 Å². The quantitative estimate of drug-likeness (QED) is 0.837. The molecular formula is C11H16N2O4. The number of ether oxygens (including phenoxy) is 1. The van der Waals surface area contributed by atoms with Crippen molar-refractivity contribution in [3.8, 4) is 0 Å². The summed E-state index contributed by atoms with van der Waals surface area (Å²) in [6.07, 6.45) is 3.27. The maximum atomic E-state index is 10.7. The summed E-state index contributed by atoms with van der Waals surface area (Å²) in [6.45, 7) is 4.32. The molecule has 0 unspecified atom stereocenters. The lowest BCUT2D eigenvalue weighted by Gasteiger charge is -2.13. The molecule has 0 bridgehead atoms. The molecule has 1 saturated heterocycles. The zero-order valence-electron chi connectivity index (χ0n) is 9.76. The van der Waals surface area contributed by atoms with Crippen molar-refractivity contribution < 1.29 is 19.1 Å². The van der Waals surface area contributed by atoms with Gasteiger partial charge in [-0.25, -0.2) is 4.79 Å². The van der Waals surface area contributed by atoms with E-state index in [1.165, 1.54) is 0 Å². The fraction of sp³-hybridized carbons (Fsp3) is 0.636. The summed E-state index contributed by atoms with van der Waals surface area (Å²) in [5.74, 6) is -1.07. The first kappa shape index (κ1) is 11.9. The lowest BCUT2D eigenvalue weighted by Crippen LogP contribution is -2.23. The molecule has 0 aliphatic carbocycles. The summed E-state index contributed by atoms with van der Waals surface area (Å²) in [5.41, 5.74) is -0.0575. The van der Waals surface area contributed by atoms with E-state index in [1.54, 1.807) is 0 Å². The summed E-state index contributed by atoms with van der Waals surface area (Å²) in [4.78, 5) is 16.5. The average molecular weight is 240 g/mol. The third-order valence-corrected chi connectivity index (χ3v) is 2.68. The van der Waals surface area contributed by atoms with Gasteiger partial charge in [-0.15, -0.1) is 0 Å². The number of carboxylic acids is 1. The van der Waals surface area contributed by atoms with E-state index >= 15 is 0 Å². The maximum absolute atomic E-state index is 10.7. The van der Waals surface area contributed by atoms with Crippen LogP contribution < -0.4 is 4.90 Å². The second kappa shape index (κ2) is 5.18. The van der Waals surface area contributed by atoms with Gasteiger partial charge in [0.05, 0.1) is 6.10 Å². The third kappa shape index (κ3) is 2.76. The van der Waals surface area contributed by atoms with Crippen LogP contribution in [-0.4, -0.2) is 41.9 Å². The molecule has 0 saturated carbocycles. The number of nitrogens with zero attached hydrogens (tertiary/aromatic N) is 2. The van der Waals surface area contributed by atoms with Crippen molar-refractivity contribution in [3.63, 3.8) is 0 Å². The molecule has 1 fully saturated rings. The van der Waals surface area contributed by atoms with E-state index < -0.39 is 5.97 Å². The summed E-state index contributed by atoms with van der Waals surface area (Å²) in [5, 5.41) is 8.74. The number of carbonyl (C=O) groups is 1. The Morgan fingerprint density at radius 1 is 1.76 bits per heavy atom.